The van der Waals surface area contributed by atoms with Crippen LogP contribution in [0.5, 0.6) is 0 Å². The highest BCUT2D eigenvalue weighted by Gasteiger charge is 2.29. The molecule has 2 amide bonds. The smallest absolute Gasteiger partial charge is 0.251 e. The van der Waals surface area contributed by atoms with Gasteiger partial charge in [0.05, 0.1) is 23.1 Å². The van der Waals surface area contributed by atoms with Crippen LogP contribution in [0, 0.1) is 11.7 Å². The number of hydrogen-bond donors (Lipinski definition) is 2. The molecule has 1 atom stereocenters. The van der Waals surface area contributed by atoms with Crippen molar-refractivity contribution in [2.75, 3.05) is 11.1 Å². The lowest BCUT2D eigenvalue weighted by atomic mass is 10.1. The minimum absolute atomic E-state index is 0.0886. The topological polar surface area (TPSA) is 92.3 Å². The minimum atomic E-state index is -3.28. The zero-order valence-corrected chi connectivity index (χ0v) is 20.1. The Hall–Kier alpha value is -3.52. The maximum Gasteiger partial charge on any atom is 0.251 e. The molecule has 0 aromatic heterocycles. The van der Waals surface area contributed by atoms with E-state index in [-0.39, 0.29) is 40.6 Å². The number of sulfone groups is 1. The van der Waals surface area contributed by atoms with Crippen molar-refractivity contribution in [3.05, 3.63) is 95.3 Å². The number of amides is 2. The molecule has 0 heterocycles. The number of benzene rings is 3. The lowest BCUT2D eigenvalue weighted by Gasteiger charge is -2.15. The number of halogens is 1. The first kappa shape index (κ1) is 24.6. The van der Waals surface area contributed by atoms with E-state index in [1.807, 2.05) is 0 Å². The Bertz CT molecular complexity index is 1320. The summed E-state index contributed by atoms with van der Waals surface area (Å²) in [6, 6.07) is 18.6. The van der Waals surface area contributed by atoms with Crippen molar-refractivity contribution in [1.29, 1.82) is 0 Å². The molecule has 0 saturated heterocycles. The molecule has 1 aliphatic carbocycles. The molecule has 1 aliphatic rings. The molecular weight excluding hydrogens is 467 g/mol. The van der Waals surface area contributed by atoms with Crippen molar-refractivity contribution < 1.29 is 22.4 Å². The first-order valence-electron chi connectivity index (χ1n) is 11.5. The quantitative estimate of drug-likeness (QED) is 0.452. The fourth-order valence-corrected chi connectivity index (χ4v) is 5.48. The van der Waals surface area contributed by atoms with Gasteiger partial charge in [-0.2, -0.15) is 0 Å². The zero-order valence-electron chi connectivity index (χ0n) is 19.3. The van der Waals surface area contributed by atoms with Crippen LogP contribution in [0.15, 0.2) is 77.7 Å². The lowest BCUT2D eigenvalue weighted by Crippen LogP contribution is -2.27. The Kier molecular flexibility index (Phi) is 7.31. The van der Waals surface area contributed by atoms with Crippen molar-refractivity contribution in [2.24, 2.45) is 5.92 Å². The van der Waals surface area contributed by atoms with Gasteiger partial charge in [0.25, 0.3) is 5.91 Å². The maximum atomic E-state index is 13.9. The molecule has 182 valence electrons. The molecule has 0 bridgehead atoms. The zero-order chi connectivity index (χ0) is 25.0. The highest BCUT2D eigenvalue weighted by molar-refractivity contribution is 7.91. The second-order valence-corrected chi connectivity index (χ2v) is 10.9. The molecule has 6 nitrogen and oxygen atoms in total. The third-order valence-corrected chi connectivity index (χ3v) is 7.85. The first-order chi connectivity index (χ1) is 16.7. The summed E-state index contributed by atoms with van der Waals surface area (Å²) in [7, 11) is -3.28. The molecule has 1 fully saturated rings. The predicted molar refractivity (Wildman–Crippen MR) is 132 cm³/mol. The minimum Gasteiger partial charge on any atom is -0.345 e. The van der Waals surface area contributed by atoms with E-state index in [0.717, 1.165) is 12.8 Å². The van der Waals surface area contributed by atoms with Crippen LogP contribution in [0.3, 0.4) is 0 Å². The molecule has 1 unspecified atom stereocenters. The van der Waals surface area contributed by atoms with Gasteiger partial charge in [-0.05, 0) is 73.7 Å². The molecule has 3 aromatic rings. The van der Waals surface area contributed by atoms with E-state index < -0.39 is 15.9 Å². The molecule has 0 aliphatic heterocycles. The van der Waals surface area contributed by atoms with E-state index in [1.165, 1.54) is 6.07 Å². The second kappa shape index (κ2) is 10.4. The van der Waals surface area contributed by atoms with Crippen LogP contribution in [-0.4, -0.2) is 26.0 Å². The highest BCUT2D eigenvalue weighted by Crippen LogP contribution is 2.32. The van der Waals surface area contributed by atoms with E-state index in [2.05, 4.69) is 10.6 Å². The average Bonchev–Trinajstić information content (AvgIpc) is 3.63. The third-order valence-electron chi connectivity index (χ3n) is 5.95. The van der Waals surface area contributed by atoms with Crippen LogP contribution in [0.4, 0.5) is 10.1 Å². The van der Waals surface area contributed by atoms with Gasteiger partial charge in [-0.15, -0.1) is 0 Å². The number of carbonyl (C=O) groups is 2. The van der Waals surface area contributed by atoms with Gasteiger partial charge < -0.3 is 10.6 Å². The van der Waals surface area contributed by atoms with Crippen molar-refractivity contribution >= 4 is 27.3 Å². The Morgan fingerprint density at radius 2 is 1.63 bits per heavy atom. The molecule has 3 aromatic carbocycles. The summed E-state index contributed by atoms with van der Waals surface area (Å²) in [4.78, 5) is 25.2. The summed E-state index contributed by atoms with van der Waals surface area (Å²) in [5.41, 5.74) is 2.01. The number of anilines is 1. The molecule has 0 radical (unpaired) electrons. The molecule has 1 saturated carbocycles. The summed E-state index contributed by atoms with van der Waals surface area (Å²) < 4.78 is 38.6. The van der Waals surface area contributed by atoms with Crippen molar-refractivity contribution in [3.8, 4) is 0 Å². The van der Waals surface area contributed by atoms with Gasteiger partial charge in [0.15, 0.2) is 9.84 Å². The Morgan fingerprint density at radius 1 is 0.971 bits per heavy atom. The van der Waals surface area contributed by atoms with E-state index in [1.54, 1.807) is 73.7 Å². The highest BCUT2D eigenvalue weighted by atomic mass is 32.2. The average molecular weight is 495 g/mol. The lowest BCUT2D eigenvalue weighted by molar-refractivity contribution is -0.115. The van der Waals surface area contributed by atoms with E-state index in [4.69, 9.17) is 0 Å². The van der Waals surface area contributed by atoms with Crippen molar-refractivity contribution in [3.63, 3.8) is 0 Å². The third kappa shape index (κ3) is 6.54. The van der Waals surface area contributed by atoms with E-state index in [0.29, 0.717) is 22.4 Å². The van der Waals surface area contributed by atoms with Crippen LogP contribution < -0.4 is 10.6 Å². The standard InChI is InChI=1S/C27H27FN2O4S/c1-18(24-4-2-3-5-25(24)28)29-27(32)21-10-12-22(13-11-21)30-26(31)16-19-8-14-23(15-9-19)35(33,34)17-20-6-7-20/h2-5,8-15,18,20H,6-7,16-17H2,1H3,(H,29,32)(H,30,31). The summed E-state index contributed by atoms with van der Waals surface area (Å²) in [6.07, 6.45) is 2.03. The van der Waals surface area contributed by atoms with E-state index in [9.17, 15) is 22.4 Å². The Balaban J connectivity index is 1.30. The van der Waals surface area contributed by atoms with Crippen LogP contribution >= 0.6 is 0 Å². The van der Waals surface area contributed by atoms with Gasteiger partial charge in [-0.1, -0.05) is 30.3 Å². The number of carbonyl (C=O) groups excluding carboxylic acids is 2. The largest absolute Gasteiger partial charge is 0.345 e. The summed E-state index contributed by atoms with van der Waals surface area (Å²) in [6.45, 7) is 1.71. The van der Waals surface area contributed by atoms with Gasteiger partial charge in [0.1, 0.15) is 5.82 Å². The fourth-order valence-electron chi connectivity index (χ4n) is 3.79. The molecule has 2 N–H and O–H groups in total. The SMILES string of the molecule is CC(NC(=O)c1ccc(NC(=O)Cc2ccc(S(=O)(=O)CC3CC3)cc2)cc1)c1ccccc1F. The summed E-state index contributed by atoms with van der Waals surface area (Å²) in [5.74, 6) is -0.534. The number of nitrogens with one attached hydrogen (secondary N) is 2. The van der Waals surface area contributed by atoms with Gasteiger partial charge >= 0.3 is 0 Å². The van der Waals surface area contributed by atoms with Crippen molar-refractivity contribution in [1.82, 2.24) is 5.32 Å². The van der Waals surface area contributed by atoms with Gasteiger partial charge in [0, 0.05) is 16.8 Å². The number of rotatable bonds is 9. The van der Waals surface area contributed by atoms with Gasteiger partial charge in [-0.25, -0.2) is 12.8 Å². The van der Waals surface area contributed by atoms with Crippen LogP contribution in [0.2, 0.25) is 0 Å². The van der Waals surface area contributed by atoms with Crippen LogP contribution in [0.25, 0.3) is 0 Å². The van der Waals surface area contributed by atoms with E-state index >= 15 is 0 Å². The maximum absolute atomic E-state index is 13.9. The van der Waals surface area contributed by atoms with Crippen LogP contribution in [-0.2, 0) is 21.1 Å². The Labute approximate surface area is 204 Å². The molecule has 4 rings (SSSR count). The summed E-state index contributed by atoms with van der Waals surface area (Å²) >= 11 is 0. The van der Waals surface area contributed by atoms with Crippen LogP contribution in [0.1, 0.15) is 47.3 Å². The molecule has 0 spiro atoms. The number of hydrogen-bond acceptors (Lipinski definition) is 4. The second-order valence-electron chi connectivity index (χ2n) is 8.89. The predicted octanol–water partition coefficient (Wildman–Crippen LogP) is 4.68. The fraction of sp³-hybridized carbons (Fsp3) is 0.259. The van der Waals surface area contributed by atoms with Crippen molar-refractivity contribution in [2.45, 2.75) is 37.1 Å². The van der Waals surface area contributed by atoms with Gasteiger partial charge in [-0.3, -0.25) is 9.59 Å². The normalized spacial score (nSPS) is 14.2. The first-order valence-corrected chi connectivity index (χ1v) is 13.1. The van der Waals surface area contributed by atoms with Gasteiger partial charge in [0.2, 0.25) is 5.91 Å². The Morgan fingerprint density at radius 3 is 2.26 bits per heavy atom. The monoisotopic (exact) mass is 494 g/mol. The molecule has 35 heavy (non-hydrogen) atoms. The molecule has 8 heteroatoms. The molecular formula is C27H27FN2O4S. The summed E-state index contributed by atoms with van der Waals surface area (Å²) in [5, 5.41) is 5.54.